The average Bonchev–Trinajstić information content (AvgIpc) is 2.65. The molecular weight excluding hydrogens is 327 g/mol. The number of anilines is 1. The molecule has 19 heavy (non-hydrogen) atoms. The lowest BCUT2D eigenvalue weighted by atomic mass is 10.2. The Morgan fingerprint density at radius 1 is 1.42 bits per heavy atom. The predicted octanol–water partition coefficient (Wildman–Crippen LogP) is 2.86. The van der Waals surface area contributed by atoms with E-state index in [0.29, 0.717) is 20.3 Å². The predicted molar refractivity (Wildman–Crippen MR) is 67.9 cm³/mol. The number of fused-ring (bicyclic) bond motifs is 1. The van der Waals surface area contributed by atoms with E-state index in [1.807, 2.05) is 0 Å². The van der Waals surface area contributed by atoms with Crippen molar-refractivity contribution in [3.63, 3.8) is 0 Å². The third kappa shape index (κ3) is 2.32. The minimum Gasteiger partial charge on any atom is -0.290 e. The SMILES string of the molecule is CN(C(=O)C(F)(F)F)c1nn(C)c2c(Br)cccc12. The summed E-state index contributed by atoms with van der Waals surface area (Å²) in [6, 6.07) is 5.03. The highest BCUT2D eigenvalue weighted by Gasteiger charge is 2.42. The van der Waals surface area contributed by atoms with Crippen LogP contribution in [-0.2, 0) is 11.8 Å². The second-order valence-electron chi connectivity index (χ2n) is 3.95. The summed E-state index contributed by atoms with van der Waals surface area (Å²) in [7, 11) is 2.65. The number of para-hydroxylation sites is 1. The zero-order valence-corrected chi connectivity index (χ0v) is 11.6. The van der Waals surface area contributed by atoms with Gasteiger partial charge in [0.2, 0.25) is 0 Å². The molecule has 2 rings (SSSR count). The van der Waals surface area contributed by atoms with Crippen molar-refractivity contribution in [1.82, 2.24) is 9.78 Å². The number of nitrogens with zero attached hydrogens (tertiary/aromatic N) is 3. The number of hydrogen-bond acceptors (Lipinski definition) is 2. The first-order valence-electron chi connectivity index (χ1n) is 5.19. The smallest absolute Gasteiger partial charge is 0.290 e. The van der Waals surface area contributed by atoms with Crippen molar-refractivity contribution in [3.05, 3.63) is 22.7 Å². The monoisotopic (exact) mass is 335 g/mol. The minimum absolute atomic E-state index is 0.0267. The van der Waals surface area contributed by atoms with E-state index in [1.54, 1.807) is 25.2 Å². The molecule has 0 bridgehead atoms. The molecular formula is C11H9BrF3N3O. The minimum atomic E-state index is -4.93. The van der Waals surface area contributed by atoms with Gasteiger partial charge >= 0.3 is 12.1 Å². The molecule has 8 heteroatoms. The highest BCUT2D eigenvalue weighted by Crippen LogP contribution is 2.32. The lowest BCUT2D eigenvalue weighted by Crippen LogP contribution is -2.38. The Bertz CT molecular complexity index is 650. The molecule has 0 unspecified atom stereocenters. The molecule has 0 saturated carbocycles. The van der Waals surface area contributed by atoms with Crippen molar-refractivity contribution < 1.29 is 18.0 Å². The van der Waals surface area contributed by atoms with Crippen LogP contribution < -0.4 is 4.90 Å². The second kappa shape index (κ2) is 4.52. The molecule has 1 heterocycles. The number of aryl methyl sites for hydroxylation is 1. The number of halogens is 4. The highest BCUT2D eigenvalue weighted by atomic mass is 79.9. The van der Waals surface area contributed by atoms with Gasteiger partial charge < -0.3 is 0 Å². The van der Waals surface area contributed by atoms with Crippen LogP contribution in [0.15, 0.2) is 22.7 Å². The van der Waals surface area contributed by atoms with Crippen molar-refractivity contribution in [1.29, 1.82) is 0 Å². The van der Waals surface area contributed by atoms with Crippen molar-refractivity contribution in [2.75, 3.05) is 11.9 Å². The summed E-state index contributed by atoms with van der Waals surface area (Å²) < 4.78 is 39.4. The summed E-state index contributed by atoms with van der Waals surface area (Å²) in [5, 5.41) is 4.45. The maximum Gasteiger partial charge on any atom is 0.471 e. The lowest BCUT2D eigenvalue weighted by Gasteiger charge is -2.16. The molecule has 0 N–H and O–H groups in total. The fourth-order valence-corrected chi connectivity index (χ4v) is 2.43. The standard InChI is InChI=1S/C11H9BrF3N3O/c1-17(10(19)11(13,14)15)9-6-4-3-5-7(12)8(6)18(2)16-9/h3-5H,1-2H3. The molecule has 0 atom stereocenters. The summed E-state index contributed by atoms with van der Waals surface area (Å²) in [6.45, 7) is 0. The highest BCUT2D eigenvalue weighted by molar-refractivity contribution is 9.10. The number of amides is 1. The quantitative estimate of drug-likeness (QED) is 0.803. The van der Waals surface area contributed by atoms with E-state index < -0.39 is 12.1 Å². The van der Waals surface area contributed by atoms with E-state index in [0.717, 1.165) is 7.05 Å². The molecule has 0 aliphatic rings. The first kappa shape index (κ1) is 13.9. The lowest BCUT2D eigenvalue weighted by molar-refractivity contribution is -0.170. The van der Waals surface area contributed by atoms with E-state index >= 15 is 0 Å². The van der Waals surface area contributed by atoms with Gasteiger partial charge in [-0.15, -0.1) is 0 Å². The summed E-state index contributed by atoms with van der Waals surface area (Å²) in [5.74, 6) is -1.98. The number of carbonyl (C=O) groups excluding carboxylic acids is 1. The third-order valence-corrected chi connectivity index (χ3v) is 3.30. The zero-order valence-electron chi connectivity index (χ0n) is 9.99. The van der Waals surface area contributed by atoms with Crippen molar-refractivity contribution in [3.8, 4) is 0 Å². The van der Waals surface area contributed by atoms with Gasteiger partial charge in [0.25, 0.3) is 0 Å². The van der Waals surface area contributed by atoms with Crippen LogP contribution in [0, 0.1) is 0 Å². The average molecular weight is 336 g/mol. The van der Waals surface area contributed by atoms with Crippen LogP contribution >= 0.6 is 15.9 Å². The van der Waals surface area contributed by atoms with Crippen LogP contribution in [0.5, 0.6) is 0 Å². The molecule has 0 aliphatic carbocycles. The van der Waals surface area contributed by atoms with Gasteiger partial charge in [-0.05, 0) is 28.1 Å². The van der Waals surface area contributed by atoms with Crippen LogP contribution in [0.1, 0.15) is 0 Å². The topological polar surface area (TPSA) is 38.1 Å². The van der Waals surface area contributed by atoms with Crippen molar-refractivity contribution in [2.24, 2.45) is 7.05 Å². The maximum atomic E-state index is 12.4. The fourth-order valence-electron chi connectivity index (χ4n) is 1.80. The first-order chi connectivity index (χ1) is 8.73. The summed E-state index contributed by atoms with van der Waals surface area (Å²) in [6.07, 6.45) is -4.93. The Morgan fingerprint density at radius 3 is 2.63 bits per heavy atom. The summed E-state index contributed by atoms with van der Waals surface area (Å²) >= 11 is 3.30. The normalized spacial score (nSPS) is 11.9. The van der Waals surface area contributed by atoms with Gasteiger partial charge in [0.15, 0.2) is 5.82 Å². The largest absolute Gasteiger partial charge is 0.471 e. The van der Waals surface area contributed by atoms with E-state index in [1.165, 1.54) is 4.68 Å². The molecule has 102 valence electrons. The maximum absolute atomic E-state index is 12.4. The number of carbonyl (C=O) groups is 1. The van der Waals surface area contributed by atoms with E-state index in [9.17, 15) is 18.0 Å². The van der Waals surface area contributed by atoms with Crippen LogP contribution in [0.3, 0.4) is 0 Å². The van der Waals surface area contributed by atoms with Crippen LogP contribution in [0.25, 0.3) is 10.9 Å². The molecule has 0 fully saturated rings. The molecule has 0 saturated heterocycles. The number of alkyl halides is 3. The third-order valence-electron chi connectivity index (χ3n) is 2.66. The van der Waals surface area contributed by atoms with Gasteiger partial charge in [0.1, 0.15) is 0 Å². The van der Waals surface area contributed by atoms with Crippen molar-refractivity contribution >= 4 is 38.6 Å². The van der Waals surface area contributed by atoms with E-state index in [-0.39, 0.29) is 5.82 Å². The zero-order chi connectivity index (χ0) is 14.4. The van der Waals surface area contributed by atoms with Gasteiger partial charge in [-0.25, -0.2) is 0 Å². The molecule has 4 nitrogen and oxygen atoms in total. The Balaban J connectivity index is 2.59. The second-order valence-corrected chi connectivity index (χ2v) is 4.80. The molecule has 1 aromatic heterocycles. The molecule has 2 aromatic rings. The Morgan fingerprint density at radius 2 is 2.05 bits per heavy atom. The Labute approximate surface area is 114 Å². The van der Waals surface area contributed by atoms with Crippen LogP contribution in [0.4, 0.5) is 19.0 Å². The van der Waals surface area contributed by atoms with Crippen molar-refractivity contribution in [2.45, 2.75) is 6.18 Å². The summed E-state index contributed by atoms with van der Waals surface area (Å²) in [4.78, 5) is 11.8. The van der Waals surface area contributed by atoms with Gasteiger partial charge in [-0.3, -0.25) is 14.4 Å². The molecule has 0 spiro atoms. The molecule has 0 radical (unpaired) electrons. The molecule has 1 amide bonds. The number of rotatable bonds is 1. The van der Waals surface area contributed by atoms with Gasteiger partial charge in [0.05, 0.1) is 5.52 Å². The van der Waals surface area contributed by atoms with E-state index in [2.05, 4.69) is 21.0 Å². The number of hydrogen-bond donors (Lipinski definition) is 0. The van der Waals surface area contributed by atoms with Gasteiger partial charge in [0, 0.05) is 24.0 Å². The van der Waals surface area contributed by atoms with E-state index in [4.69, 9.17) is 0 Å². The van der Waals surface area contributed by atoms with Gasteiger partial charge in [-0.1, -0.05) is 6.07 Å². The Hall–Kier alpha value is -1.57. The molecule has 0 aliphatic heterocycles. The summed E-state index contributed by atoms with van der Waals surface area (Å²) in [5.41, 5.74) is 0.624. The molecule has 1 aromatic carbocycles. The van der Waals surface area contributed by atoms with Gasteiger partial charge in [-0.2, -0.15) is 18.3 Å². The number of benzene rings is 1. The Kier molecular flexibility index (Phi) is 3.29. The van der Waals surface area contributed by atoms with Crippen LogP contribution in [-0.4, -0.2) is 28.9 Å². The number of aromatic nitrogens is 2. The van der Waals surface area contributed by atoms with Crippen LogP contribution in [0.2, 0.25) is 0 Å². The first-order valence-corrected chi connectivity index (χ1v) is 5.99. The fraction of sp³-hybridized carbons (Fsp3) is 0.273.